The van der Waals surface area contributed by atoms with Gasteiger partial charge in [-0.3, -0.25) is 0 Å². The van der Waals surface area contributed by atoms with Gasteiger partial charge in [-0.25, -0.2) is 0 Å². The van der Waals surface area contributed by atoms with Crippen molar-refractivity contribution >= 4 is 34.8 Å². The third-order valence-electron chi connectivity index (χ3n) is 4.57. The Morgan fingerprint density at radius 3 is 2.08 bits per heavy atom. The number of ether oxygens (including phenoxy) is 3. The Morgan fingerprint density at radius 1 is 1.00 bits per heavy atom. The second-order valence-electron chi connectivity index (χ2n) is 5.96. The number of hydrogen-bond acceptors (Lipinski definition) is 8. The third-order valence-corrected chi connectivity index (χ3v) is 5.81. The van der Waals surface area contributed by atoms with E-state index in [0.717, 1.165) is 0 Å². The molecular weight excluding hydrogens is 390 g/mol. The quantitative estimate of drug-likeness (QED) is 0.342. The maximum Gasteiger partial charge on any atom is 0.229 e. The molecule has 24 heavy (non-hydrogen) atoms. The van der Waals surface area contributed by atoms with Crippen molar-refractivity contribution in [1.82, 2.24) is 0 Å². The molecule has 5 N–H and O–H groups in total. The number of rotatable bonds is 5. The molecule has 2 saturated heterocycles. The highest BCUT2D eigenvalue weighted by Gasteiger charge is 2.71. The maximum atomic E-state index is 11.0. The second kappa shape index (κ2) is 7.66. The molecule has 2 aliphatic heterocycles. The lowest BCUT2D eigenvalue weighted by Gasteiger charge is -2.53. The Hall–Kier alpha value is 0.550. The fraction of sp³-hybridized carbons (Fsp3) is 1.00. The molecule has 0 aromatic carbocycles. The van der Waals surface area contributed by atoms with Crippen LogP contribution in [0.1, 0.15) is 0 Å². The molecule has 0 spiro atoms. The average Bonchev–Trinajstić information content (AvgIpc) is 2.83. The Kier molecular flexibility index (Phi) is 6.65. The van der Waals surface area contributed by atoms with Crippen LogP contribution in [0.5, 0.6) is 0 Å². The van der Waals surface area contributed by atoms with E-state index in [0.29, 0.717) is 0 Å². The molecule has 11 heteroatoms. The molecule has 0 radical (unpaired) electrons. The summed E-state index contributed by atoms with van der Waals surface area (Å²) in [5.74, 6) is -3.43. The molecule has 2 aliphatic rings. The molecule has 0 unspecified atom stereocenters. The van der Waals surface area contributed by atoms with Crippen molar-refractivity contribution < 1.29 is 39.7 Å². The van der Waals surface area contributed by atoms with E-state index in [9.17, 15) is 25.5 Å². The molecule has 0 aliphatic carbocycles. The lowest BCUT2D eigenvalue weighted by Crippen LogP contribution is -2.76. The van der Waals surface area contributed by atoms with E-state index >= 15 is 0 Å². The molecule has 0 amide bonds. The normalized spacial score (nSPS) is 52.6. The largest absolute Gasteiger partial charge is 0.389 e. The van der Waals surface area contributed by atoms with E-state index in [-0.39, 0.29) is 12.5 Å². The van der Waals surface area contributed by atoms with Crippen molar-refractivity contribution in [3.63, 3.8) is 0 Å². The molecule has 9 atom stereocenters. The Morgan fingerprint density at radius 2 is 1.62 bits per heavy atom. The number of alkyl halides is 3. The van der Waals surface area contributed by atoms with Gasteiger partial charge in [0.25, 0.3) is 0 Å². The van der Waals surface area contributed by atoms with Crippen LogP contribution in [0, 0.1) is 0 Å². The topological polar surface area (TPSA) is 129 Å². The van der Waals surface area contributed by atoms with Crippen molar-refractivity contribution in [2.24, 2.45) is 0 Å². The van der Waals surface area contributed by atoms with Crippen molar-refractivity contribution in [2.45, 2.75) is 53.4 Å². The first-order valence-corrected chi connectivity index (χ1v) is 8.76. The predicted molar refractivity (Wildman–Crippen MR) is 84.4 cm³/mol. The van der Waals surface area contributed by atoms with Crippen LogP contribution in [-0.4, -0.2) is 104 Å². The van der Waals surface area contributed by atoms with Crippen LogP contribution < -0.4 is 0 Å². The third kappa shape index (κ3) is 2.95. The highest BCUT2D eigenvalue weighted by molar-refractivity contribution is 6.21. The van der Waals surface area contributed by atoms with Crippen molar-refractivity contribution in [3.05, 3.63) is 0 Å². The SMILES string of the molecule is COC[C@H]1O[C@@](O)([C@]2(CCl)O[C@H](CCl)[C@@H](O)[C@@H]2O)[C@H](O)[C@@H](O)[C@H]1Cl. The minimum absolute atomic E-state index is 0.115. The summed E-state index contributed by atoms with van der Waals surface area (Å²) in [6.45, 7) is -0.115. The minimum Gasteiger partial charge on any atom is -0.389 e. The van der Waals surface area contributed by atoms with Gasteiger partial charge < -0.3 is 39.7 Å². The molecule has 0 saturated carbocycles. The maximum absolute atomic E-state index is 11.0. The van der Waals surface area contributed by atoms with Crippen LogP contribution in [0.2, 0.25) is 0 Å². The van der Waals surface area contributed by atoms with Gasteiger partial charge >= 0.3 is 0 Å². The van der Waals surface area contributed by atoms with Crippen LogP contribution >= 0.6 is 34.8 Å². The summed E-state index contributed by atoms with van der Waals surface area (Å²) in [6, 6.07) is 0. The van der Waals surface area contributed by atoms with E-state index in [1.165, 1.54) is 7.11 Å². The molecule has 0 aromatic heterocycles. The van der Waals surface area contributed by atoms with Gasteiger partial charge in [-0.05, 0) is 0 Å². The Bertz CT molecular complexity index is 445. The minimum atomic E-state index is -2.66. The fourth-order valence-electron chi connectivity index (χ4n) is 3.15. The van der Waals surface area contributed by atoms with E-state index in [1.807, 2.05) is 0 Å². The van der Waals surface area contributed by atoms with Crippen LogP contribution in [0.3, 0.4) is 0 Å². The number of aliphatic hydroxyl groups is 5. The van der Waals surface area contributed by atoms with Gasteiger partial charge in [0.05, 0.1) is 23.7 Å². The summed E-state index contributed by atoms with van der Waals surface area (Å²) in [5.41, 5.74) is -2.14. The molecule has 0 aromatic rings. The summed E-state index contributed by atoms with van der Waals surface area (Å²) >= 11 is 17.6. The molecule has 142 valence electrons. The van der Waals surface area contributed by atoms with Gasteiger partial charge in [0.1, 0.15) is 36.6 Å². The fourth-order valence-corrected chi connectivity index (χ4v) is 4.07. The summed E-state index contributed by atoms with van der Waals surface area (Å²) in [5, 5.41) is 50.9. The first-order chi connectivity index (χ1) is 11.2. The summed E-state index contributed by atoms with van der Waals surface area (Å²) in [7, 11) is 1.36. The monoisotopic (exact) mass is 410 g/mol. The molecule has 2 rings (SSSR count). The van der Waals surface area contributed by atoms with Gasteiger partial charge in [0.2, 0.25) is 5.79 Å². The molecule has 0 bridgehead atoms. The lowest BCUT2D eigenvalue weighted by atomic mass is 9.79. The zero-order valence-electron chi connectivity index (χ0n) is 12.8. The Labute approximate surface area is 153 Å². The first-order valence-electron chi connectivity index (χ1n) is 7.25. The summed E-state index contributed by atoms with van der Waals surface area (Å²) in [4.78, 5) is 0. The average molecular weight is 412 g/mol. The lowest BCUT2D eigenvalue weighted by molar-refractivity contribution is -0.390. The van der Waals surface area contributed by atoms with E-state index in [4.69, 9.17) is 49.0 Å². The number of hydrogen-bond donors (Lipinski definition) is 5. The highest BCUT2D eigenvalue weighted by Crippen LogP contribution is 2.47. The summed E-state index contributed by atoms with van der Waals surface area (Å²) < 4.78 is 15.9. The number of methoxy groups -OCH3 is 1. The van der Waals surface area contributed by atoms with Crippen molar-refractivity contribution in [2.75, 3.05) is 25.5 Å². The van der Waals surface area contributed by atoms with E-state index in [2.05, 4.69) is 0 Å². The van der Waals surface area contributed by atoms with Crippen LogP contribution in [0.4, 0.5) is 0 Å². The Balaban J connectivity index is 2.44. The highest BCUT2D eigenvalue weighted by atomic mass is 35.5. The zero-order chi connectivity index (χ0) is 18.3. The molecule has 2 fully saturated rings. The number of halogens is 3. The van der Waals surface area contributed by atoms with Crippen LogP contribution in [0.25, 0.3) is 0 Å². The smallest absolute Gasteiger partial charge is 0.229 e. The van der Waals surface area contributed by atoms with Crippen molar-refractivity contribution in [1.29, 1.82) is 0 Å². The number of aliphatic hydroxyl groups excluding tert-OH is 4. The molecular formula is C13H21Cl3O8. The molecule has 8 nitrogen and oxygen atoms in total. The van der Waals surface area contributed by atoms with E-state index < -0.39 is 59.3 Å². The standard InChI is InChI=1S/C13H21Cl3O8/c1-22-3-6-7(16)9(18)11(20)13(21,24-6)12(4-15)10(19)8(17)5(2-14)23-12/h5-11,17-21H,2-4H2,1H3/t5-,6-,7+,8-,9+,10+,11-,12-,13-/m1/s1. The van der Waals surface area contributed by atoms with Crippen LogP contribution in [-0.2, 0) is 14.2 Å². The predicted octanol–water partition coefficient (Wildman–Crippen LogP) is -1.61. The zero-order valence-corrected chi connectivity index (χ0v) is 15.0. The second-order valence-corrected chi connectivity index (χ2v) is 7.04. The van der Waals surface area contributed by atoms with Gasteiger partial charge in [0.15, 0.2) is 5.60 Å². The van der Waals surface area contributed by atoms with Gasteiger partial charge in [0, 0.05) is 7.11 Å². The molecule has 2 heterocycles. The van der Waals surface area contributed by atoms with Gasteiger partial charge in [-0.1, -0.05) is 0 Å². The van der Waals surface area contributed by atoms with Gasteiger partial charge in [-0.15, -0.1) is 34.8 Å². The first kappa shape index (κ1) is 20.9. The van der Waals surface area contributed by atoms with E-state index in [1.54, 1.807) is 0 Å². The van der Waals surface area contributed by atoms with Gasteiger partial charge in [-0.2, -0.15) is 0 Å². The van der Waals surface area contributed by atoms with Crippen LogP contribution in [0.15, 0.2) is 0 Å². The van der Waals surface area contributed by atoms with Crippen molar-refractivity contribution in [3.8, 4) is 0 Å². The summed E-state index contributed by atoms with van der Waals surface area (Å²) in [6.07, 6.45) is -8.92.